The fourth-order valence-electron chi connectivity index (χ4n) is 3.92. The minimum absolute atomic E-state index is 0.0215. The number of methoxy groups -OCH3 is 1. The van der Waals surface area contributed by atoms with Gasteiger partial charge in [0.1, 0.15) is 0 Å². The molecular weight excluding hydrogens is 392 g/mol. The third kappa shape index (κ3) is 4.43. The predicted octanol–water partition coefficient (Wildman–Crippen LogP) is 4.23. The molecule has 1 aliphatic heterocycles. The van der Waals surface area contributed by atoms with E-state index in [1.165, 1.54) is 18.2 Å². The number of rotatable bonds is 6. The number of esters is 1. The predicted molar refractivity (Wildman–Crippen MR) is 119 cm³/mol. The Kier molecular flexibility index (Phi) is 5.98. The Morgan fingerprint density at radius 3 is 2.58 bits per heavy atom. The molecule has 1 amide bonds. The summed E-state index contributed by atoms with van der Waals surface area (Å²) in [6, 6.07) is 15.2. The molecule has 4 rings (SSSR count). The molecule has 2 aromatic carbocycles. The zero-order valence-corrected chi connectivity index (χ0v) is 17.4. The van der Waals surface area contributed by atoms with E-state index in [1.54, 1.807) is 29.3 Å². The first-order valence-electron chi connectivity index (χ1n) is 10.3. The number of nitrogens with one attached hydrogen (secondary N) is 1. The van der Waals surface area contributed by atoms with Crippen LogP contribution in [-0.4, -0.2) is 47.7 Å². The molecule has 1 aliphatic rings. The SMILES string of the molecule is COC(=O)c1ccc2[nH]cc(C(=O)CCC(=O)N3CC=C(c4ccccc4)CC3)c2c1. The van der Waals surface area contributed by atoms with E-state index in [9.17, 15) is 14.4 Å². The van der Waals surface area contributed by atoms with E-state index in [1.807, 2.05) is 18.2 Å². The van der Waals surface area contributed by atoms with E-state index >= 15 is 0 Å². The Bertz CT molecular complexity index is 1160. The van der Waals surface area contributed by atoms with Crippen molar-refractivity contribution in [1.82, 2.24) is 9.88 Å². The number of aromatic nitrogens is 1. The number of benzene rings is 2. The van der Waals surface area contributed by atoms with Crippen molar-refractivity contribution in [3.8, 4) is 0 Å². The summed E-state index contributed by atoms with van der Waals surface area (Å²) in [5.74, 6) is -0.601. The van der Waals surface area contributed by atoms with Gasteiger partial charge in [-0.3, -0.25) is 9.59 Å². The first-order chi connectivity index (χ1) is 15.1. The van der Waals surface area contributed by atoms with Crippen LogP contribution in [0.2, 0.25) is 0 Å². The van der Waals surface area contributed by atoms with Gasteiger partial charge in [-0.15, -0.1) is 0 Å². The number of aromatic amines is 1. The third-order valence-corrected chi connectivity index (χ3v) is 5.68. The number of fused-ring (bicyclic) bond motifs is 1. The maximum absolute atomic E-state index is 12.8. The summed E-state index contributed by atoms with van der Waals surface area (Å²) >= 11 is 0. The molecule has 0 atom stereocenters. The van der Waals surface area contributed by atoms with Crippen LogP contribution < -0.4 is 0 Å². The summed E-state index contributed by atoms with van der Waals surface area (Å²) in [6.07, 6.45) is 4.82. The number of ether oxygens (including phenoxy) is 1. The van der Waals surface area contributed by atoms with E-state index in [2.05, 4.69) is 23.2 Å². The highest BCUT2D eigenvalue weighted by atomic mass is 16.5. The molecule has 158 valence electrons. The molecule has 6 heteroatoms. The lowest BCUT2D eigenvalue weighted by atomic mass is 9.99. The molecule has 0 fully saturated rings. The van der Waals surface area contributed by atoms with E-state index in [0.717, 1.165) is 11.9 Å². The monoisotopic (exact) mass is 416 g/mol. The maximum Gasteiger partial charge on any atom is 0.337 e. The summed E-state index contributed by atoms with van der Waals surface area (Å²) in [5.41, 5.74) is 4.07. The van der Waals surface area contributed by atoms with Gasteiger partial charge in [-0.1, -0.05) is 36.4 Å². The van der Waals surface area contributed by atoms with Gasteiger partial charge in [-0.25, -0.2) is 4.79 Å². The molecule has 0 saturated carbocycles. The van der Waals surface area contributed by atoms with Gasteiger partial charge in [0.05, 0.1) is 12.7 Å². The van der Waals surface area contributed by atoms with E-state index in [0.29, 0.717) is 29.6 Å². The number of carbonyl (C=O) groups excluding carboxylic acids is 3. The largest absolute Gasteiger partial charge is 0.465 e. The molecule has 0 spiro atoms. The fraction of sp³-hybridized carbons (Fsp3) is 0.240. The summed E-state index contributed by atoms with van der Waals surface area (Å²) < 4.78 is 4.76. The van der Waals surface area contributed by atoms with Gasteiger partial charge < -0.3 is 14.6 Å². The molecule has 31 heavy (non-hydrogen) atoms. The average Bonchev–Trinajstić information content (AvgIpc) is 3.26. The first-order valence-corrected chi connectivity index (χ1v) is 10.3. The molecule has 3 aromatic rings. The lowest BCUT2D eigenvalue weighted by Crippen LogP contribution is -2.34. The van der Waals surface area contributed by atoms with Crippen molar-refractivity contribution < 1.29 is 19.1 Å². The smallest absolute Gasteiger partial charge is 0.337 e. The Balaban J connectivity index is 1.38. The van der Waals surface area contributed by atoms with Gasteiger partial charge in [0, 0.05) is 48.6 Å². The number of carbonyl (C=O) groups is 3. The lowest BCUT2D eigenvalue weighted by Gasteiger charge is -2.26. The van der Waals surface area contributed by atoms with Crippen LogP contribution in [0.25, 0.3) is 16.5 Å². The molecule has 6 nitrogen and oxygen atoms in total. The van der Waals surface area contributed by atoms with Crippen LogP contribution in [0.3, 0.4) is 0 Å². The third-order valence-electron chi connectivity index (χ3n) is 5.68. The van der Waals surface area contributed by atoms with Crippen LogP contribution in [0, 0.1) is 0 Å². The molecule has 0 saturated heterocycles. The van der Waals surface area contributed by atoms with Gasteiger partial charge in [-0.05, 0) is 35.8 Å². The highest BCUT2D eigenvalue weighted by Crippen LogP contribution is 2.24. The molecule has 0 radical (unpaired) electrons. The summed E-state index contributed by atoms with van der Waals surface area (Å²) in [5, 5.41) is 0.661. The Morgan fingerprint density at radius 1 is 1.06 bits per heavy atom. The number of ketones is 1. The second kappa shape index (κ2) is 9.00. The van der Waals surface area contributed by atoms with E-state index in [4.69, 9.17) is 4.74 Å². The Labute approximate surface area is 180 Å². The number of nitrogens with zero attached hydrogens (tertiary/aromatic N) is 1. The second-order valence-electron chi connectivity index (χ2n) is 7.56. The van der Waals surface area contributed by atoms with Crippen molar-refractivity contribution >= 4 is 34.1 Å². The Morgan fingerprint density at radius 2 is 1.87 bits per heavy atom. The topological polar surface area (TPSA) is 79.5 Å². The van der Waals surface area contributed by atoms with Crippen molar-refractivity contribution in [2.75, 3.05) is 20.2 Å². The summed E-state index contributed by atoms with van der Waals surface area (Å²) in [4.78, 5) is 42.0. The molecule has 0 bridgehead atoms. The lowest BCUT2D eigenvalue weighted by molar-refractivity contribution is -0.130. The fourth-order valence-corrected chi connectivity index (χ4v) is 3.92. The zero-order valence-electron chi connectivity index (χ0n) is 17.4. The first kappa shape index (κ1) is 20.6. The number of H-pyrrole nitrogens is 1. The van der Waals surface area contributed by atoms with Crippen LogP contribution in [-0.2, 0) is 9.53 Å². The van der Waals surface area contributed by atoms with Crippen LogP contribution in [0.1, 0.15) is 45.5 Å². The number of Topliss-reactive ketones (excluding diaryl/α,β-unsaturated/α-hetero) is 1. The second-order valence-corrected chi connectivity index (χ2v) is 7.56. The highest BCUT2D eigenvalue weighted by Gasteiger charge is 2.20. The van der Waals surface area contributed by atoms with Crippen molar-refractivity contribution in [1.29, 1.82) is 0 Å². The van der Waals surface area contributed by atoms with Gasteiger partial charge in [-0.2, -0.15) is 0 Å². The standard InChI is InChI=1S/C25H24N2O4/c1-31-25(30)19-7-8-22-20(15-19)21(16-26-22)23(28)9-10-24(29)27-13-11-18(12-14-27)17-5-3-2-4-6-17/h2-8,11,15-16,26H,9-10,12-14H2,1H3. The van der Waals surface area contributed by atoms with Gasteiger partial charge in [0.2, 0.25) is 5.91 Å². The molecule has 2 heterocycles. The van der Waals surface area contributed by atoms with Crippen LogP contribution in [0.15, 0.2) is 60.8 Å². The molecule has 1 aromatic heterocycles. The number of hydrogen-bond donors (Lipinski definition) is 1. The maximum atomic E-state index is 12.8. The number of hydrogen-bond acceptors (Lipinski definition) is 4. The van der Waals surface area contributed by atoms with Crippen LogP contribution in [0.5, 0.6) is 0 Å². The van der Waals surface area contributed by atoms with Gasteiger partial charge in [0.15, 0.2) is 5.78 Å². The Hall–Kier alpha value is -3.67. The van der Waals surface area contributed by atoms with Crippen LogP contribution in [0.4, 0.5) is 0 Å². The molecule has 0 aliphatic carbocycles. The van der Waals surface area contributed by atoms with Crippen molar-refractivity contribution in [2.45, 2.75) is 19.3 Å². The van der Waals surface area contributed by atoms with Gasteiger partial charge >= 0.3 is 5.97 Å². The molecule has 1 N–H and O–H groups in total. The van der Waals surface area contributed by atoms with Crippen LogP contribution >= 0.6 is 0 Å². The number of amides is 1. The van der Waals surface area contributed by atoms with E-state index in [-0.39, 0.29) is 24.5 Å². The quantitative estimate of drug-likeness (QED) is 0.482. The van der Waals surface area contributed by atoms with Crippen molar-refractivity contribution in [3.05, 3.63) is 77.5 Å². The van der Waals surface area contributed by atoms with E-state index < -0.39 is 5.97 Å². The minimum atomic E-state index is -0.454. The zero-order chi connectivity index (χ0) is 21.8. The van der Waals surface area contributed by atoms with Gasteiger partial charge in [0.25, 0.3) is 0 Å². The minimum Gasteiger partial charge on any atom is -0.465 e. The van der Waals surface area contributed by atoms with Crippen molar-refractivity contribution in [2.24, 2.45) is 0 Å². The highest BCUT2D eigenvalue weighted by molar-refractivity contribution is 6.10. The summed E-state index contributed by atoms with van der Waals surface area (Å²) in [7, 11) is 1.32. The molecule has 0 unspecified atom stereocenters. The van der Waals surface area contributed by atoms with Crippen molar-refractivity contribution in [3.63, 3.8) is 0 Å². The molecular formula is C25H24N2O4. The average molecular weight is 416 g/mol. The normalized spacial score (nSPS) is 13.7. The summed E-state index contributed by atoms with van der Waals surface area (Å²) in [6.45, 7) is 1.22.